The van der Waals surface area contributed by atoms with Gasteiger partial charge in [0.15, 0.2) is 11.5 Å². The minimum Gasteiger partial charge on any atom is -0.497 e. The second-order valence-electron chi connectivity index (χ2n) is 6.84. The van der Waals surface area contributed by atoms with Crippen LogP contribution in [0, 0.1) is 0 Å². The van der Waals surface area contributed by atoms with E-state index in [1.54, 1.807) is 32.4 Å². The van der Waals surface area contributed by atoms with E-state index in [1.165, 1.54) is 0 Å². The molecule has 0 unspecified atom stereocenters. The molecule has 0 heterocycles. The SMILES string of the molecule is COc1ccc(OCCOc2ccc(C=O)cc2OC)c(C(C)(C)C)c1. The van der Waals surface area contributed by atoms with Crippen LogP contribution in [0.25, 0.3) is 0 Å². The van der Waals surface area contributed by atoms with E-state index in [0.717, 1.165) is 23.3 Å². The number of benzene rings is 2. The summed E-state index contributed by atoms with van der Waals surface area (Å²) in [4.78, 5) is 10.8. The lowest BCUT2D eigenvalue weighted by atomic mass is 9.86. The van der Waals surface area contributed by atoms with Crippen molar-refractivity contribution in [3.05, 3.63) is 47.5 Å². The predicted molar refractivity (Wildman–Crippen MR) is 101 cm³/mol. The topological polar surface area (TPSA) is 54.0 Å². The Labute approximate surface area is 154 Å². The van der Waals surface area contributed by atoms with Crippen LogP contribution in [0.5, 0.6) is 23.0 Å². The van der Waals surface area contributed by atoms with Gasteiger partial charge in [0.05, 0.1) is 14.2 Å². The molecule has 2 aromatic rings. The van der Waals surface area contributed by atoms with Crippen molar-refractivity contribution in [3.63, 3.8) is 0 Å². The number of methoxy groups -OCH3 is 2. The van der Waals surface area contributed by atoms with Crippen LogP contribution in [0.2, 0.25) is 0 Å². The molecule has 0 aromatic heterocycles. The fraction of sp³-hybridized carbons (Fsp3) is 0.381. The Morgan fingerprint density at radius 3 is 2.08 bits per heavy atom. The van der Waals surface area contributed by atoms with Gasteiger partial charge in [-0.05, 0) is 41.8 Å². The summed E-state index contributed by atoms with van der Waals surface area (Å²) in [7, 11) is 3.19. The maximum atomic E-state index is 10.8. The summed E-state index contributed by atoms with van der Waals surface area (Å²) in [6, 6.07) is 10.8. The lowest BCUT2D eigenvalue weighted by Crippen LogP contribution is -2.16. The Kier molecular flexibility index (Phi) is 6.50. The fourth-order valence-electron chi connectivity index (χ4n) is 2.53. The van der Waals surface area contributed by atoms with Crippen LogP contribution in [-0.2, 0) is 5.41 Å². The zero-order chi connectivity index (χ0) is 19.2. The molecule has 0 saturated carbocycles. The van der Waals surface area contributed by atoms with E-state index in [9.17, 15) is 4.79 Å². The number of carbonyl (C=O) groups is 1. The molecule has 0 amide bonds. The van der Waals surface area contributed by atoms with Crippen molar-refractivity contribution in [3.8, 4) is 23.0 Å². The van der Waals surface area contributed by atoms with E-state index >= 15 is 0 Å². The van der Waals surface area contributed by atoms with E-state index in [-0.39, 0.29) is 5.41 Å². The van der Waals surface area contributed by atoms with Gasteiger partial charge in [-0.25, -0.2) is 0 Å². The standard InChI is InChI=1S/C21H26O5/c1-21(2,3)17-13-16(23-4)7-9-18(17)25-10-11-26-19-8-6-15(14-22)12-20(19)24-5/h6-9,12-14H,10-11H2,1-5H3. The summed E-state index contributed by atoms with van der Waals surface area (Å²) < 4.78 is 22.2. The van der Waals surface area contributed by atoms with Crippen LogP contribution in [0.1, 0.15) is 36.7 Å². The van der Waals surface area contributed by atoms with E-state index < -0.39 is 0 Å². The molecule has 5 nitrogen and oxygen atoms in total. The average Bonchev–Trinajstić information content (AvgIpc) is 2.64. The van der Waals surface area contributed by atoms with Gasteiger partial charge in [0.25, 0.3) is 0 Å². The van der Waals surface area contributed by atoms with Gasteiger partial charge in [0, 0.05) is 11.1 Å². The summed E-state index contributed by atoms with van der Waals surface area (Å²) in [6.07, 6.45) is 0.771. The Bertz CT molecular complexity index is 747. The highest BCUT2D eigenvalue weighted by Crippen LogP contribution is 2.34. The van der Waals surface area contributed by atoms with Crippen LogP contribution in [0.15, 0.2) is 36.4 Å². The Morgan fingerprint density at radius 1 is 0.846 bits per heavy atom. The molecule has 0 fully saturated rings. The number of hydrogen-bond acceptors (Lipinski definition) is 5. The van der Waals surface area contributed by atoms with Crippen molar-refractivity contribution >= 4 is 6.29 Å². The molecule has 0 N–H and O–H groups in total. The van der Waals surface area contributed by atoms with Gasteiger partial charge in [-0.3, -0.25) is 4.79 Å². The normalized spacial score (nSPS) is 11.0. The molecule has 0 aliphatic rings. The van der Waals surface area contributed by atoms with Gasteiger partial charge in [-0.2, -0.15) is 0 Å². The van der Waals surface area contributed by atoms with Crippen molar-refractivity contribution in [2.24, 2.45) is 0 Å². The molecule has 26 heavy (non-hydrogen) atoms. The number of ether oxygens (including phenoxy) is 4. The van der Waals surface area contributed by atoms with Gasteiger partial charge in [0.2, 0.25) is 0 Å². The highest BCUT2D eigenvalue weighted by atomic mass is 16.5. The highest BCUT2D eigenvalue weighted by molar-refractivity contribution is 5.76. The summed E-state index contributed by atoms with van der Waals surface area (Å²) in [5.41, 5.74) is 1.54. The zero-order valence-corrected chi connectivity index (χ0v) is 16.0. The van der Waals surface area contributed by atoms with Crippen LogP contribution in [-0.4, -0.2) is 33.7 Å². The van der Waals surface area contributed by atoms with Crippen molar-refractivity contribution in [2.75, 3.05) is 27.4 Å². The number of aldehydes is 1. The second kappa shape index (κ2) is 8.61. The molecule has 2 aromatic carbocycles. The molecule has 0 saturated heterocycles. The quantitative estimate of drug-likeness (QED) is 0.521. The first-order chi connectivity index (χ1) is 12.4. The minimum absolute atomic E-state index is 0.0708. The monoisotopic (exact) mass is 358 g/mol. The largest absolute Gasteiger partial charge is 0.497 e. The smallest absolute Gasteiger partial charge is 0.161 e. The molecule has 5 heteroatoms. The first-order valence-corrected chi connectivity index (χ1v) is 8.46. The van der Waals surface area contributed by atoms with Crippen molar-refractivity contribution in [1.82, 2.24) is 0 Å². The van der Waals surface area contributed by atoms with Gasteiger partial charge in [-0.15, -0.1) is 0 Å². The molecule has 140 valence electrons. The molecule has 0 radical (unpaired) electrons. The molecule has 0 aliphatic heterocycles. The van der Waals surface area contributed by atoms with E-state index in [0.29, 0.717) is 30.3 Å². The van der Waals surface area contributed by atoms with Crippen molar-refractivity contribution in [2.45, 2.75) is 26.2 Å². The summed E-state index contributed by atoms with van der Waals surface area (Å²) in [5.74, 6) is 2.71. The minimum atomic E-state index is -0.0708. The lowest BCUT2D eigenvalue weighted by molar-refractivity contribution is 0.112. The summed E-state index contributed by atoms with van der Waals surface area (Å²) in [5, 5.41) is 0. The number of carbonyl (C=O) groups excluding carboxylic acids is 1. The Hall–Kier alpha value is -2.69. The first kappa shape index (κ1) is 19.6. The van der Waals surface area contributed by atoms with Gasteiger partial charge in [-0.1, -0.05) is 20.8 Å². The third kappa shape index (κ3) is 4.91. The van der Waals surface area contributed by atoms with Crippen molar-refractivity contribution in [1.29, 1.82) is 0 Å². The Balaban J connectivity index is 2.01. The molecule has 0 aliphatic carbocycles. The maximum absolute atomic E-state index is 10.8. The maximum Gasteiger partial charge on any atom is 0.161 e. The summed E-state index contributed by atoms with van der Waals surface area (Å²) in [6.45, 7) is 7.13. The fourth-order valence-corrected chi connectivity index (χ4v) is 2.53. The van der Waals surface area contributed by atoms with Crippen LogP contribution < -0.4 is 18.9 Å². The second-order valence-corrected chi connectivity index (χ2v) is 6.84. The molecule has 0 atom stereocenters. The third-order valence-electron chi connectivity index (χ3n) is 3.92. The molecule has 0 spiro atoms. The zero-order valence-electron chi connectivity index (χ0n) is 16.0. The van der Waals surface area contributed by atoms with Gasteiger partial charge in [0.1, 0.15) is 31.0 Å². The third-order valence-corrected chi connectivity index (χ3v) is 3.92. The summed E-state index contributed by atoms with van der Waals surface area (Å²) >= 11 is 0. The van der Waals surface area contributed by atoms with E-state index in [4.69, 9.17) is 18.9 Å². The van der Waals surface area contributed by atoms with Crippen molar-refractivity contribution < 1.29 is 23.7 Å². The van der Waals surface area contributed by atoms with Crippen LogP contribution in [0.4, 0.5) is 0 Å². The average molecular weight is 358 g/mol. The first-order valence-electron chi connectivity index (χ1n) is 8.46. The molecule has 0 bridgehead atoms. The van der Waals surface area contributed by atoms with Crippen LogP contribution >= 0.6 is 0 Å². The Morgan fingerprint density at radius 2 is 1.50 bits per heavy atom. The van der Waals surface area contributed by atoms with Gasteiger partial charge >= 0.3 is 0 Å². The molecular weight excluding hydrogens is 332 g/mol. The predicted octanol–water partition coefficient (Wildman–Crippen LogP) is 4.27. The van der Waals surface area contributed by atoms with E-state index in [2.05, 4.69) is 20.8 Å². The molecular formula is C21H26O5. The van der Waals surface area contributed by atoms with Crippen LogP contribution in [0.3, 0.4) is 0 Å². The van der Waals surface area contributed by atoms with E-state index in [1.807, 2.05) is 18.2 Å². The lowest BCUT2D eigenvalue weighted by Gasteiger charge is -2.23. The number of rotatable bonds is 8. The number of hydrogen-bond donors (Lipinski definition) is 0. The van der Waals surface area contributed by atoms with Gasteiger partial charge < -0.3 is 18.9 Å². The highest BCUT2D eigenvalue weighted by Gasteiger charge is 2.20. The molecule has 2 rings (SSSR count).